The molecule has 2 rings (SSSR count). The number of nitrogens with one attached hydrogen (secondary N) is 1. The van der Waals surface area contributed by atoms with Crippen LogP contribution in [0, 0.1) is 5.92 Å². The molecule has 21 heavy (non-hydrogen) atoms. The molecule has 0 aliphatic carbocycles. The van der Waals surface area contributed by atoms with Crippen molar-refractivity contribution in [2.45, 2.75) is 46.4 Å². The van der Waals surface area contributed by atoms with Crippen LogP contribution in [0.25, 0.3) is 0 Å². The molecule has 0 saturated carbocycles. The molecule has 0 radical (unpaired) electrons. The van der Waals surface area contributed by atoms with Crippen molar-refractivity contribution in [3.63, 3.8) is 0 Å². The van der Waals surface area contributed by atoms with Crippen LogP contribution in [0.4, 0.5) is 0 Å². The highest BCUT2D eigenvalue weighted by Crippen LogP contribution is 2.15. The van der Waals surface area contributed by atoms with Crippen molar-refractivity contribution in [1.82, 2.24) is 10.3 Å². The summed E-state index contributed by atoms with van der Waals surface area (Å²) in [7, 11) is 0. The standard InChI is InChI=1S/C17H24N2O2/c1-13(2)9-14(3)21-17-10-15(6-7-19-17)11-18-12-16-5-4-8-20-16/h4-8,10,13-14,18H,9,11-12H2,1-3H3. The molecule has 0 spiro atoms. The molecule has 1 N–H and O–H groups in total. The predicted molar refractivity (Wildman–Crippen MR) is 83.0 cm³/mol. The second kappa shape index (κ2) is 7.84. The minimum absolute atomic E-state index is 0.184. The molecular weight excluding hydrogens is 264 g/mol. The van der Waals surface area contributed by atoms with Crippen LogP contribution in [-0.2, 0) is 13.1 Å². The van der Waals surface area contributed by atoms with Gasteiger partial charge in [0.1, 0.15) is 5.76 Å². The van der Waals surface area contributed by atoms with Gasteiger partial charge >= 0.3 is 0 Å². The normalized spacial score (nSPS) is 12.6. The van der Waals surface area contributed by atoms with Crippen LogP contribution in [0.15, 0.2) is 41.1 Å². The molecule has 4 nitrogen and oxygen atoms in total. The molecule has 0 aliphatic heterocycles. The summed E-state index contributed by atoms with van der Waals surface area (Å²) in [4.78, 5) is 4.28. The molecule has 1 atom stereocenters. The summed E-state index contributed by atoms with van der Waals surface area (Å²) in [6.45, 7) is 7.96. The molecule has 0 saturated heterocycles. The van der Waals surface area contributed by atoms with Gasteiger partial charge in [-0.2, -0.15) is 0 Å². The summed E-state index contributed by atoms with van der Waals surface area (Å²) in [5.74, 6) is 2.25. The topological polar surface area (TPSA) is 47.3 Å². The van der Waals surface area contributed by atoms with Crippen molar-refractivity contribution >= 4 is 0 Å². The Labute approximate surface area is 126 Å². The molecule has 0 fully saturated rings. The summed E-state index contributed by atoms with van der Waals surface area (Å²) in [5.41, 5.74) is 1.16. The van der Waals surface area contributed by atoms with E-state index in [4.69, 9.17) is 9.15 Å². The third kappa shape index (κ3) is 5.60. The number of furan rings is 1. The Morgan fingerprint density at radius 2 is 2.10 bits per heavy atom. The molecule has 1 unspecified atom stereocenters. The van der Waals surface area contributed by atoms with Gasteiger partial charge in [-0.25, -0.2) is 4.98 Å². The molecule has 0 amide bonds. The summed E-state index contributed by atoms with van der Waals surface area (Å²) >= 11 is 0. The number of hydrogen-bond acceptors (Lipinski definition) is 4. The highest BCUT2D eigenvalue weighted by Gasteiger charge is 2.08. The van der Waals surface area contributed by atoms with E-state index in [0.29, 0.717) is 11.8 Å². The third-order valence-corrected chi connectivity index (χ3v) is 3.13. The minimum Gasteiger partial charge on any atom is -0.475 e. The second-order valence-electron chi connectivity index (χ2n) is 5.74. The highest BCUT2D eigenvalue weighted by atomic mass is 16.5. The molecule has 4 heteroatoms. The van der Waals surface area contributed by atoms with Crippen molar-refractivity contribution < 1.29 is 9.15 Å². The van der Waals surface area contributed by atoms with Crippen LogP contribution >= 0.6 is 0 Å². The zero-order chi connectivity index (χ0) is 15.1. The average Bonchev–Trinajstić information content (AvgIpc) is 2.91. The number of ether oxygens (including phenoxy) is 1. The van der Waals surface area contributed by atoms with Gasteiger partial charge in [0.2, 0.25) is 5.88 Å². The average molecular weight is 288 g/mol. The number of hydrogen-bond donors (Lipinski definition) is 1. The van der Waals surface area contributed by atoms with Gasteiger partial charge in [0, 0.05) is 18.8 Å². The fourth-order valence-electron chi connectivity index (χ4n) is 2.29. The third-order valence-electron chi connectivity index (χ3n) is 3.13. The van der Waals surface area contributed by atoms with Gasteiger partial charge in [-0.1, -0.05) is 13.8 Å². The Morgan fingerprint density at radius 3 is 2.81 bits per heavy atom. The quantitative estimate of drug-likeness (QED) is 0.803. The highest BCUT2D eigenvalue weighted by molar-refractivity contribution is 5.20. The van der Waals surface area contributed by atoms with E-state index in [1.165, 1.54) is 0 Å². The monoisotopic (exact) mass is 288 g/mol. The van der Waals surface area contributed by atoms with Crippen LogP contribution in [-0.4, -0.2) is 11.1 Å². The smallest absolute Gasteiger partial charge is 0.213 e. The lowest BCUT2D eigenvalue weighted by Crippen LogP contribution is -2.16. The maximum atomic E-state index is 5.86. The van der Waals surface area contributed by atoms with Crippen molar-refractivity contribution in [1.29, 1.82) is 0 Å². The van der Waals surface area contributed by atoms with Gasteiger partial charge in [-0.15, -0.1) is 0 Å². The molecule has 0 aliphatic rings. The summed E-state index contributed by atoms with van der Waals surface area (Å²) in [6, 6.07) is 7.84. The van der Waals surface area contributed by atoms with Crippen LogP contribution in [0.1, 0.15) is 38.5 Å². The van der Waals surface area contributed by atoms with Crippen molar-refractivity contribution in [3.8, 4) is 5.88 Å². The van der Waals surface area contributed by atoms with E-state index in [2.05, 4.69) is 31.1 Å². The van der Waals surface area contributed by atoms with E-state index in [1.54, 1.807) is 12.5 Å². The summed E-state index contributed by atoms with van der Waals surface area (Å²) in [5, 5.41) is 3.34. The number of aromatic nitrogens is 1. The van der Waals surface area contributed by atoms with E-state index in [1.807, 2.05) is 24.3 Å². The Morgan fingerprint density at radius 1 is 1.24 bits per heavy atom. The van der Waals surface area contributed by atoms with Crippen molar-refractivity contribution in [3.05, 3.63) is 48.0 Å². The minimum atomic E-state index is 0.184. The van der Waals surface area contributed by atoms with E-state index in [9.17, 15) is 0 Å². The van der Waals surface area contributed by atoms with Crippen LogP contribution in [0.5, 0.6) is 5.88 Å². The zero-order valence-electron chi connectivity index (χ0n) is 13.0. The van der Waals surface area contributed by atoms with Crippen molar-refractivity contribution in [2.24, 2.45) is 5.92 Å². The number of pyridine rings is 1. The largest absolute Gasteiger partial charge is 0.475 e. The lowest BCUT2D eigenvalue weighted by Gasteiger charge is -2.16. The second-order valence-corrected chi connectivity index (χ2v) is 5.74. The molecule has 0 aromatic carbocycles. The fraction of sp³-hybridized carbons (Fsp3) is 0.471. The predicted octanol–water partition coefficient (Wildman–Crippen LogP) is 3.78. The van der Waals surface area contributed by atoms with Crippen molar-refractivity contribution in [2.75, 3.05) is 0 Å². The molecule has 2 aromatic heterocycles. The molecule has 2 heterocycles. The van der Waals surface area contributed by atoms with E-state index < -0.39 is 0 Å². The maximum absolute atomic E-state index is 5.86. The first-order chi connectivity index (χ1) is 10.1. The first-order valence-corrected chi connectivity index (χ1v) is 7.48. The molecule has 114 valence electrons. The van der Waals surface area contributed by atoms with Gasteiger partial charge < -0.3 is 14.5 Å². The Balaban J connectivity index is 1.82. The van der Waals surface area contributed by atoms with E-state index in [-0.39, 0.29) is 6.10 Å². The lowest BCUT2D eigenvalue weighted by atomic mass is 10.1. The summed E-state index contributed by atoms with van der Waals surface area (Å²) in [6.07, 6.45) is 4.69. The Hall–Kier alpha value is -1.81. The van der Waals surface area contributed by atoms with Gasteiger partial charge in [-0.3, -0.25) is 0 Å². The summed E-state index contributed by atoms with van der Waals surface area (Å²) < 4.78 is 11.1. The Kier molecular flexibility index (Phi) is 5.81. The van der Waals surface area contributed by atoms with Gasteiger partial charge in [0.25, 0.3) is 0 Å². The SMILES string of the molecule is CC(C)CC(C)Oc1cc(CNCc2ccco2)ccn1. The van der Waals surface area contributed by atoms with E-state index in [0.717, 1.165) is 30.8 Å². The van der Waals surface area contributed by atoms with E-state index >= 15 is 0 Å². The molecular formula is C17H24N2O2. The van der Waals surface area contributed by atoms with Crippen LogP contribution in [0.3, 0.4) is 0 Å². The zero-order valence-corrected chi connectivity index (χ0v) is 13.0. The van der Waals surface area contributed by atoms with Crippen LogP contribution in [0.2, 0.25) is 0 Å². The van der Waals surface area contributed by atoms with Gasteiger partial charge in [0.15, 0.2) is 0 Å². The number of rotatable bonds is 8. The lowest BCUT2D eigenvalue weighted by molar-refractivity contribution is 0.185. The Bertz CT molecular complexity index is 523. The number of nitrogens with zero attached hydrogens (tertiary/aromatic N) is 1. The fourth-order valence-corrected chi connectivity index (χ4v) is 2.29. The molecule has 2 aromatic rings. The first kappa shape index (κ1) is 15.6. The van der Waals surface area contributed by atoms with Gasteiger partial charge in [0.05, 0.1) is 18.9 Å². The first-order valence-electron chi connectivity index (χ1n) is 7.48. The molecule has 0 bridgehead atoms. The maximum Gasteiger partial charge on any atom is 0.213 e. The van der Waals surface area contributed by atoms with Gasteiger partial charge in [-0.05, 0) is 43.0 Å². The van der Waals surface area contributed by atoms with Crippen LogP contribution < -0.4 is 10.1 Å².